The minimum atomic E-state index is -0.128. The Morgan fingerprint density at radius 2 is 1.81 bits per heavy atom. The Morgan fingerprint density at radius 3 is 2.38 bits per heavy atom. The molecule has 1 aromatic rings. The van der Waals surface area contributed by atoms with Gasteiger partial charge < -0.3 is 10.2 Å². The van der Waals surface area contributed by atoms with Crippen LogP contribution in [-0.4, -0.2) is 25.7 Å². The van der Waals surface area contributed by atoms with E-state index in [1.165, 1.54) is 25.7 Å². The molecule has 0 radical (unpaired) electrons. The molecule has 2 rings (SSSR count). The fraction of sp³-hybridized carbons (Fsp3) is 0.667. The predicted octanol–water partition coefficient (Wildman–Crippen LogP) is 4.21. The van der Waals surface area contributed by atoms with Gasteiger partial charge in [0.25, 0.3) is 0 Å². The van der Waals surface area contributed by atoms with Crippen LogP contribution in [0.15, 0.2) is 24.3 Å². The average molecular weight is 292 g/mol. The highest BCUT2D eigenvalue weighted by Crippen LogP contribution is 2.39. The highest BCUT2D eigenvalue weighted by molar-refractivity contribution is 5.47. The number of anilines is 1. The first-order chi connectivity index (χ1) is 9.81. The van der Waals surface area contributed by atoms with E-state index in [1.54, 1.807) is 12.1 Å². The quantitative estimate of drug-likeness (QED) is 0.874. The van der Waals surface area contributed by atoms with Crippen molar-refractivity contribution in [3.05, 3.63) is 30.1 Å². The molecule has 0 amide bonds. The fourth-order valence-electron chi connectivity index (χ4n) is 3.32. The van der Waals surface area contributed by atoms with Gasteiger partial charge in [0.05, 0.1) is 5.69 Å². The number of nitrogens with zero attached hydrogens (tertiary/aromatic N) is 1. The van der Waals surface area contributed by atoms with Crippen LogP contribution in [0.2, 0.25) is 0 Å². The number of para-hydroxylation sites is 1. The third-order valence-corrected chi connectivity index (χ3v) is 4.49. The van der Waals surface area contributed by atoms with Crippen molar-refractivity contribution in [2.45, 2.75) is 52.0 Å². The van der Waals surface area contributed by atoms with E-state index < -0.39 is 0 Å². The van der Waals surface area contributed by atoms with E-state index in [2.05, 4.69) is 31.0 Å². The van der Waals surface area contributed by atoms with Gasteiger partial charge in [-0.2, -0.15) is 0 Å². The Morgan fingerprint density at radius 1 is 1.19 bits per heavy atom. The first-order valence-electron chi connectivity index (χ1n) is 8.02. The number of hydrogen-bond acceptors (Lipinski definition) is 2. The molecule has 0 aromatic heterocycles. The van der Waals surface area contributed by atoms with Crippen molar-refractivity contribution in [3.63, 3.8) is 0 Å². The van der Waals surface area contributed by atoms with E-state index in [4.69, 9.17) is 0 Å². The van der Waals surface area contributed by atoms with Crippen LogP contribution in [0.5, 0.6) is 0 Å². The van der Waals surface area contributed by atoms with Gasteiger partial charge in [0.2, 0.25) is 0 Å². The number of hydrogen-bond donors (Lipinski definition) is 1. The van der Waals surface area contributed by atoms with Crippen molar-refractivity contribution in [1.82, 2.24) is 5.32 Å². The van der Waals surface area contributed by atoms with Crippen LogP contribution in [-0.2, 0) is 0 Å². The SMILES string of the molecule is CN(CC1(CNC(C)(C)C)CCCC1)c1ccccc1F. The van der Waals surface area contributed by atoms with E-state index in [0.717, 1.165) is 13.1 Å². The lowest BCUT2D eigenvalue weighted by Gasteiger charge is -2.37. The Bertz CT molecular complexity index is 459. The molecule has 1 aliphatic rings. The van der Waals surface area contributed by atoms with Crippen molar-refractivity contribution in [3.8, 4) is 0 Å². The summed E-state index contributed by atoms with van der Waals surface area (Å²) >= 11 is 0. The second kappa shape index (κ2) is 6.35. The summed E-state index contributed by atoms with van der Waals surface area (Å²) in [6, 6.07) is 7.07. The molecule has 0 saturated heterocycles. The van der Waals surface area contributed by atoms with Gasteiger partial charge >= 0.3 is 0 Å². The maximum absolute atomic E-state index is 14.0. The summed E-state index contributed by atoms with van der Waals surface area (Å²) < 4.78 is 14.0. The van der Waals surface area contributed by atoms with Crippen molar-refractivity contribution < 1.29 is 4.39 Å². The Kier molecular flexibility index (Phi) is 4.92. The molecular weight excluding hydrogens is 263 g/mol. The molecule has 21 heavy (non-hydrogen) atoms. The smallest absolute Gasteiger partial charge is 0.146 e. The third kappa shape index (κ3) is 4.44. The number of nitrogens with one attached hydrogen (secondary N) is 1. The lowest BCUT2D eigenvalue weighted by molar-refractivity contribution is 0.252. The number of benzene rings is 1. The predicted molar refractivity (Wildman–Crippen MR) is 88.3 cm³/mol. The molecular formula is C18H29FN2. The highest BCUT2D eigenvalue weighted by Gasteiger charge is 2.36. The maximum Gasteiger partial charge on any atom is 0.146 e. The standard InChI is InChI=1S/C18H29FN2/c1-17(2,3)20-13-18(11-7-8-12-18)14-21(4)16-10-6-5-9-15(16)19/h5-6,9-10,20H,7-8,11-14H2,1-4H3. The summed E-state index contributed by atoms with van der Waals surface area (Å²) in [5, 5.41) is 3.66. The van der Waals surface area contributed by atoms with Gasteiger partial charge in [0.15, 0.2) is 0 Å². The van der Waals surface area contributed by atoms with E-state index >= 15 is 0 Å². The molecule has 1 N–H and O–H groups in total. The topological polar surface area (TPSA) is 15.3 Å². The van der Waals surface area contributed by atoms with Crippen molar-refractivity contribution in [2.24, 2.45) is 5.41 Å². The largest absolute Gasteiger partial charge is 0.372 e. The van der Waals surface area contributed by atoms with Crippen LogP contribution in [0.4, 0.5) is 10.1 Å². The minimum Gasteiger partial charge on any atom is -0.372 e. The zero-order valence-electron chi connectivity index (χ0n) is 13.9. The average Bonchev–Trinajstić information content (AvgIpc) is 2.85. The second-order valence-electron chi connectivity index (χ2n) is 7.62. The molecule has 2 nitrogen and oxygen atoms in total. The molecule has 0 heterocycles. The zero-order valence-corrected chi connectivity index (χ0v) is 13.9. The number of rotatable bonds is 5. The van der Waals surface area contributed by atoms with E-state index in [-0.39, 0.29) is 16.8 Å². The van der Waals surface area contributed by atoms with Crippen LogP contribution < -0.4 is 10.2 Å². The molecule has 1 aromatic carbocycles. The van der Waals surface area contributed by atoms with Gasteiger partial charge in [-0.15, -0.1) is 0 Å². The molecule has 0 spiro atoms. The highest BCUT2D eigenvalue weighted by atomic mass is 19.1. The molecule has 3 heteroatoms. The lowest BCUT2D eigenvalue weighted by Crippen LogP contribution is -2.47. The molecule has 1 fully saturated rings. The van der Waals surface area contributed by atoms with Crippen molar-refractivity contribution in [2.75, 3.05) is 25.0 Å². The number of halogens is 1. The lowest BCUT2D eigenvalue weighted by atomic mass is 9.84. The van der Waals surface area contributed by atoms with Gasteiger partial charge in [-0.1, -0.05) is 25.0 Å². The first-order valence-corrected chi connectivity index (χ1v) is 8.02. The van der Waals surface area contributed by atoms with Crippen molar-refractivity contribution in [1.29, 1.82) is 0 Å². The Labute approximate surface area is 128 Å². The fourth-order valence-corrected chi connectivity index (χ4v) is 3.32. The Balaban J connectivity index is 2.07. The normalized spacial score (nSPS) is 18.0. The first kappa shape index (κ1) is 16.3. The van der Waals surface area contributed by atoms with Crippen molar-refractivity contribution >= 4 is 5.69 Å². The molecule has 118 valence electrons. The van der Waals surface area contributed by atoms with E-state index in [9.17, 15) is 4.39 Å². The summed E-state index contributed by atoms with van der Waals surface area (Å²) in [5.41, 5.74) is 1.11. The van der Waals surface area contributed by atoms with Gasteiger partial charge in [0, 0.05) is 31.1 Å². The second-order valence-corrected chi connectivity index (χ2v) is 7.62. The third-order valence-electron chi connectivity index (χ3n) is 4.49. The minimum absolute atomic E-state index is 0.128. The van der Waals surface area contributed by atoms with Gasteiger partial charge in [-0.3, -0.25) is 0 Å². The summed E-state index contributed by atoms with van der Waals surface area (Å²) in [6.07, 6.45) is 5.04. The zero-order chi connectivity index (χ0) is 15.5. The molecule has 1 saturated carbocycles. The maximum atomic E-state index is 14.0. The van der Waals surface area contributed by atoms with Crippen LogP contribution in [0.3, 0.4) is 0 Å². The van der Waals surface area contributed by atoms with Gasteiger partial charge in [-0.25, -0.2) is 4.39 Å². The van der Waals surface area contributed by atoms with E-state index in [0.29, 0.717) is 5.69 Å². The summed E-state index contributed by atoms with van der Waals surface area (Å²) in [6.45, 7) is 8.54. The van der Waals surface area contributed by atoms with Crippen LogP contribution in [0.1, 0.15) is 46.5 Å². The monoisotopic (exact) mass is 292 g/mol. The van der Waals surface area contributed by atoms with Crippen LogP contribution in [0, 0.1) is 11.2 Å². The van der Waals surface area contributed by atoms with Crippen LogP contribution >= 0.6 is 0 Å². The molecule has 0 atom stereocenters. The Hall–Kier alpha value is -1.09. The molecule has 1 aliphatic carbocycles. The molecule has 0 unspecified atom stereocenters. The molecule has 0 bridgehead atoms. The van der Waals surface area contributed by atoms with Gasteiger partial charge in [0.1, 0.15) is 5.82 Å². The molecule has 0 aliphatic heterocycles. The van der Waals surface area contributed by atoms with E-state index in [1.807, 2.05) is 19.2 Å². The summed E-state index contributed by atoms with van der Waals surface area (Å²) in [5.74, 6) is -0.128. The van der Waals surface area contributed by atoms with Crippen LogP contribution in [0.25, 0.3) is 0 Å². The summed E-state index contributed by atoms with van der Waals surface area (Å²) in [7, 11) is 2.01. The van der Waals surface area contributed by atoms with Gasteiger partial charge in [-0.05, 0) is 45.7 Å². The summed E-state index contributed by atoms with van der Waals surface area (Å²) in [4.78, 5) is 2.09.